The molecule has 0 bridgehead atoms. The van der Waals surface area contributed by atoms with Gasteiger partial charge in [-0.05, 0) is 19.3 Å². The fraction of sp³-hybridized carbons (Fsp3) is 1.00. The molecule has 3 heteroatoms. The predicted molar refractivity (Wildman–Crippen MR) is 68.0 cm³/mol. The van der Waals surface area contributed by atoms with Gasteiger partial charge in [-0.1, -0.05) is 48.3 Å². The molecule has 0 aromatic rings. The summed E-state index contributed by atoms with van der Waals surface area (Å²) < 4.78 is 5.58. The van der Waals surface area contributed by atoms with Crippen molar-refractivity contribution in [2.24, 2.45) is 0 Å². The summed E-state index contributed by atoms with van der Waals surface area (Å²) in [7, 11) is 4.04. The average molecular weight is 234 g/mol. The first kappa shape index (κ1) is 12.7. The Balaban J connectivity index is 1.91. The number of ether oxygens (including phenoxy) is 1. The lowest BCUT2D eigenvalue weighted by Crippen LogP contribution is -2.07. The van der Waals surface area contributed by atoms with Crippen LogP contribution in [-0.2, 0) is 4.74 Å². The van der Waals surface area contributed by atoms with Crippen LogP contribution in [0.3, 0.4) is 0 Å². The minimum Gasteiger partial charge on any atom is -0.377 e. The Kier molecular flexibility index (Phi) is 7.17. The predicted octanol–water partition coefficient (Wildman–Crippen LogP) is 4.13. The molecular formula is C11H22OS2. The van der Waals surface area contributed by atoms with Crippen LogP contribution < -0.4 is 0 Å². The van der Waals surface area contributed by atoms with Crippen molar-refractivity contribution in [3.8, 4) is 0 Å². The van der Waals surface area contributed by atoms with Crippen molar-refractivity contribution in [2.75, 3.05) is 12.4 Å². The van der Waals surface area contributed by atoms with Gasteiger partial charge >= 0.3 is 0 Å². The van der Waals surface area contributed by atoms with Crippen molar-refractivity contribution >= 4 is 21.6 Å². The molecule has 1 nitrogen and oxygen atoms in total. The van der Waals surface area contributed by atoms with Crippen LogP contribution in [0.5, 0.6) is 0 Å². The van der Waals surface area contributed by atoms with Crippen molar-refractivity contribution in [1.29, 1.82) is 0 Å². The standard InChI is InChI=1S/C11H22OS2/c1-3-4-6-10(2)14-13-9-11-7-5-8-12-11/h10-11H,3-9H2,1-2H3. The van der Waals surface area contributed by atoms with Gasteiger partial charge < -0.3 is 4.74 Å². The van der Waals surface area contributed by atoms with Crippen molar-refractivity contribution in [1.82, 2.24) is 0 Å². The Hall–Kier alpha value is 0.660. The minimum atomic E-state index is 0.547. The first-order valence-corrected chi connectivity index (χ1v) is 8.11. The fourth-order valence-electron chi connectivity index (χ4n) is 1.55. The smallest absolute Gasteiger partial charge is 0.0674 e. The van der Waals surface area contributed by atoms with E-state index in [-0.39, 0.29) is 0 Å². The summed E-state index contributed by atoms with van der Waals surface area (Å²) >= 11 is 0. The number of rotatable bonds is 7. The van der Waals surface area contributed by atoms with Gasteiger partial charge in [-0.3, -0.25) is 0 Å². The van der Waals surface area contributed by atoms with E-state index >= 15 is 0 Å². The second-order valence-corrected chi connectivity index (χ2v) is 6.82. The van der Waals surface area contributed by atoms with Gasteiger partial charge in [0.1, 0.15) is 0 Å². The molecule has 0 radical (unpaired) electrons. The van der Waals surface area contributed by atoms with E-state index in [4.69, 9.17) is 4.74 Å². The summed E-state index contributed by atoms with van der Waals surface area (Å²) in [6.45, 7) is 5.58. The zero-order chi connectivity index (χ0) is 10.2. The van der Waals surface area contributed by atoms with E-state index in [0.29, 0.717) is 6.10 Å². The largest absolute Gasteiger partial charge is 0.377 e. The highest BCUT2D eigenvalue weighted by molar-refractivity contribution is 8.76. The highest BCUT2D eigenvalue weighted by atomic mass is 33.1. The highest BCUT2D eigenvalue weighted by Gasteiger charge is 2.15. The van der Waals surface area contributed by atoms with Gasteiger partial charge in [-0.15, -0.1) is 0 Å². The second-order valence-electron chi connectivity index (χ2n) is 3.97. The third-order valence-electron chi connectivity index (χ3n) is 2.47. The second kappa shape index (κ2) is 7.89. The molecule has 0 aromatic carbocycles. The Labute approximate surface area is 96.1 Å². The Morgan fingerprint density at radius 1 is 1.50 bits per heavy atom. The van der Waals surface area contributed by atoms with E-state index in [0.717, 1.165) is 11.9 Å². The van der Waals surface area contributed by atoms with Crippen molar-refractivity contribution < 1.29 is 4.74 Å². The maximum atomic E-state index is 5.58. The molecule has 0 saturated carbocycles. The first-order chi connectivity index (χ1) is 6.83. The van der Waals surface area contributed by atoms with Crippen LogP contribution in [-0.4, -0.2) is 23.7 Å². The van der Waals surface area contributed by atoms with E-state index in [1.54, 1.807) is 0 Å². The van der Waals surface area contributed by atoms with Gasteiger partial charge in [0, 0.05) is 17.6 Å². The summed E-state index contributed by atoms with van der Waals surface area (Å²) in [6.07, 6.45) is 7.14. The van der Waals surface area contributed by atoms with Crippen LogP contribution in [0.15, 0.2) is 0 Å². The summed E-state index contributed by atoms with van der Waals surface area (Å²) in [5.41, 5.74) is 0. The molecule has 1 saturated heterocycles. The first-order valence-electron chi connectivity index (χ1n) is 5.72. The Morgan fingerprint density at radius 3 is 3.00 bits per heavy atom. The lowest BCUT2D eigenvalue weighted by Gasteiger charge is -2.12. The van der Waals surface area contributed by atoms with Gasteiger partial charge in [0.2, 0.25) is 0 Å². The van der Waals surface area contributed by atoms with E-state index in [1.807, 2.05) is 21.6 Å². The van der Waals surface area contributed by atoms with Crippen LogP contribution in [0.4, 0.5) is 0 Å². The van der Waals surface area contributed by atoms with Crippen LogP contribution in [0.1, 0.15) is 46.0 Å². The lowest BCUT2D eigenvalue weighted by atomic mass is 10.2. The van der Waals surface area contributed by atoms with Gasteiger partial charge in [-0.2, -0.15) is 0 Å². The monoisotopic (exact) mass is 234 g/mol. The SMILES string of the molecule is CCCCC(C)SSCC1CCCO1. The van der Waals surface area contributed by atoms with Crippen LogP contribution in [0.2, 0.25) is 0 Å². The Bertz CT molecular complexity index is 135. The van der Waals surface area contributed by atoms with Crippen LogP contribution >= 0.6 is 21.6 Å². The van der Waals surface area contributed by atoms with Gasteiger partial charge in [0.05, 0.1) is 6.10 Å². The third-order valence-corrected chi connectivity index (χ3v) is 5.48. The normalized spacial score (nSPS) is 24.0. The summed E-state index contributed by atoms with van der Waals surface area (Å²) in [4.78, 5) is 0. The topological polar surface area (TPSA) is 9.23 Å². The van der Waals surface area contributed by atoms with E-state index in [2.05, 4.69) is 13.8 Å². The molecule has 1 rings (SSSR count). The molecule has 0 spiro atoms. The molecule has 14 heavy (non-hydrogen) atoms. The molecule has 1 aliphatic heterocycles. The van der Waals surface area contributed by atoms with Crippen LogP contribution in [0.25, 0.3) is 0 Å². The highest BCUT2D eigenvalue weighted by Crippen LogP contribution is 2.32. The van der Waals surface area contributed by atoms with Crippen molar-refractivity contribution in [2.45, 2.75) is 57.3 Å². The molecule has 0 amide bonds. The van der Waals surface area contributed by atoms with Crippen LogP contribution in [0, 0.1) is 0 Å². The van der Waals surface area contributed by atoms with E-state index in [1.165, 1.54) is 37.9 Å². The number of hydrogen-bond acceptors (Lipinski definition) is 3. The molecule has 1 fully saturated rings. The summed E-state index contributed by atoms with van der Waals surface area (Å²) in [6, 6.07) is 0. The Morgan fingerprint density at radius 2 is 2.36 bits per heavy atom. The molecular weight excluding hydrogens is 212 g/mol. The van der Waals surface area contributed by atoms with Crippen molar-refractivity contribution in [3.05, 3.63) is 0 Å². The third kappa shape index (κ3) is 5.52. The summed E-state index contributed by atoms with van der Waals surface area (Å²) in [5, 5.41) is 0.807. The van der Waals surface area contributed by atoms with E-state index in [9.17, 15) is 0 Å². The fourth-order valence-corrected chi connectivity index (χ4v) is 4.21. The molecule has 1 aliphatic rings. The average Bonchev–Trinajstić information content (AvgIpc) is 2.67. The van der Waals surface area contributed by atoms with E-state index < -0.39 is 0 Å². The van der Waals surface area contributed by atoms with Gasteiger partial charge in [0.25, 0.3) is 0 Å². The number of hydrogen-bond donors (Lipinski definition) is 0. The zero-order valence-electron chi connectivity index (χ0n) is 9.33. The van der Waals surface area contributed by atoms with Gasteiger partial charge in [0.15, 0.2) is 0 Å². The number of unbranched alkanes of at least 4 members (excludes halogenated alkanes) is 1. The molecule has 2 unspecified atom stereocenters. The zero-order valence-corrected chi connectivity index (χ0v) is 11.0. The maximum Gasteiger partial charge on any atom is 0.0674 e. The quantitative estimate of drug-likeness (QED) is 0.613. The maximum absolute atomic E-state index is 5.58. The molecule has 1 heterocycles. The summed E-state index contributed by atoms with van der Waals surface area (Å²) in [5.74, 6) is 1.18. The lowest BCUT2D eigenvalue weighted by molar-refractivity contribution is 0.129. The van der Waals surface area contributed by atoms with Crippen molar-refractivity contribution in [3.63, 3.8) is 0 Å². The molecule has 0 aromatic heterocycles. The molecule has 0 N–H and O–H groups in total. The van der Waals surface area contributed by atoms with Gasteiger partial charge in [-0.25, -0.2) is 0 Å². The molecule has 84 valence electrons. The molecule has 0 aliphatic carbocycles. The molecule has 2 atom stereocenters. The minimum absolute atomic E-state index is 0.547.